The summed E-state index contributed by atoms with van der Waals surface area (Å²) in [6.07, 6.45) is 14.1. The molecule has 7 atom stereocenters. The van der Waals surface area contributed by atoms with Crippen molar-refractivity contribution in [3.05, 3.63) is 107 Å². The van der Waals surface area contributed by atoms with Crippen molar-refractivity contribution in [3.63, 3.8) is 0 Å². The van der Waals surface area contributed by atoms with Crippen molar-refractivity contribution in [1.29, 1.82) is 0 Å². The molecule has 1 aliphatic heterocycles. The molecule has 63 heavy (non-hydrogen) atoms. The zero-order chi connectivity index (χ0) is 44.4. The molecule has 3 fully saturated rings. The second kappa shape index (κ2) is 25.0. The summed E-state index contributed by atoms with van der Waals surface area (Å²) in [6.45, 7) is 5.38. The summed E-state index contributed by atoms with van der Waals surface area (Å²) in [4.78, 5) is 69.3. The fourth-order valence-corrected chi connectivity index (χ4v) is 9.62. The number of nitrogens with one attached hydrogen (secondary N) is 4. The Labute approximate surface area is 379 Å². The van der Waals surface area contributed by atoms with Gasteiger partial charge in [-0.1, -0.05) is 144 Å². The van der Waals surface area contributed by atoms with Crippen molar-refractivity contribution in [2.45, 2.75) is 140 Å². The topological polar surface area (TPSA) is 146 Å². The SMILES string of the molecule is CCCCCCCCCC(=O)N[C@@H](COCc1ccc(C(=O)N2C[C@@H](C(=O)NS[C@H]3C[C@@H]3c3ccccc3)[C@H](C(=O)N[C@H]3C[C@@H]3c3ccccc3)C2)cc1)C(=O)NCCCCCC. The van der Waals surface area contributed by atoms with E-state index in [1.165, 1.54) is 48.8 Å². The molecule has 0 bridgehead atoms. The van der Waals surface area contributed by atoms with E-state index in [-0.39, 0.29) is 73.0 Å². The number of carbonyl (C=O) groups is 5. The van der Waals surface area contributed by atoms with Gasteiger partial charge >= 0.3 is 0 Å². The van der Waals surface area contributed by atoms with Gasteiger partial charge in [-0.05, 0) is 72.4 Å². The maximum Gasteiger partial charge on any atom is 0.253 e. The van der Waals surface area contributed by atoms with Crippen LogP contribution in [0.2, 0.25) is 0 Å². The van der Waals surface area contributed by atoms with E-state index in [2.05, 4.69) is 58.8 Å². The summed E-state index contributed by atoms with van der Waals surface area (Å²) < 4.78 is 9.06. The lowest BCUT2D eigenvalue weighted by atomic mass is 9.94. The quantitative estimate of drug-likeness (QED) is 0.0446. The number of rotatable bonds is 27. The molecule has 3 aliphatic rings. The summed E-state index contributed by atoms with van der Waals surface area (Å²) in [7, 11) is 0. The fraction of sp³-hybridized carbons (Fsp3) is 0.549. The Morgan fingerprint density at radius 3 is 1.97 bits per heavy atom. The van der Waals surface area contributed by atoms with Gasteiger partial charge in [0.1, 0.15) is 6.04 Å². The van der Waals surface area contributed by atoms with Crippen LogP contribution in [0.5, 0.6) is 0 Å². The molecule has 11 nitrogen and oxygen atoms in total. The van der Waals surface area contributed by atoms with Crippen molar-refractivity contribution in [3.8, 4) is 0 Å². The first-order chi connectivity index (χ1) is 30.7. The Bertz CT molecular complexity index is 1920. The first kappa shape index (κ1) is 47.8. The van der Waals surface area contributed by atoms with Gasteiger partial charge in [0, 0.05) is 48.8 Å². The standard InChI is InChI=1S/C51H69N5O6S/c1-3-5-7-9-10-11-18-24-47(57)53-45(50(60)52-29-19-8-6-4-2)35-62-34-36-25-27-39(28-26-36)51(61)56-32-42(48(58)54-44-30-40(44)37-20-14-12-15-21-37)43(33-56)49(59)55-63-46-31-41(46)38-22-16-13-17-23-38/h12-17,20-23,25-28,40-46H,3-11,18-19,24,29-35H2,1-2H3,(H,52,60)(H,53,57)(H,54,58)(H,55,59)/t40-,41-,42-,43-,44+,45+,46+/m1/s1. The molecule has 0 spiro atoms. The summed E-state index contributed by atoms with van der Waals surface area (Å²) in [5.74, 6) is -1.81. The maximum atomic E-state index is 14.0. The normalized spacial score (nSPS) is 21.6. The third kappa shape index (κ3) is 15.0. The number of nitrogens with zero attached hydrogens (tertiary/aromatic N) is 1. The van der Waals surface area contributed by atoms with Crippen molar-refractivity contribution in [1.82, 2.24) is 25.6 Å². The van der Waals surface area contributed by atoms with E-state index in [0.717, 1.165) is 63.4 Å². The lowest BCUT2D eigenvalue weighted by molar-refractivity contribution is -0.132. The molecule has 0 unspecified atom stereocenters. The Hall–Kier alpha value is -4.68. The molecule has 3 aromatic rings. The van der Waals surface area contributed by atoms with E-state index in [9.17, 15) is 24.0 Å². The van der Waals surface area contributed by atoms with Gasteiger partial charge in [-0.2, -0.15) is 0 Å². The highest BCUT2D eigenvalue weighted by atomic mass is 32.2. The Morgan fingerprint density at radius 1 is 0.698 bits per heavy atom. The number of ether oxygens (including phenoxy) is 1. The third-order valence-corrected chi connectivity index (χ3v) is 13.8. The molecule has 0 radical (unpaired) electrons. The van der Waals surface area contributed by atoms with Crippen LogP contribution in [0, 0.1) is 11.8 Å². The molecule has 5 amide bonds. The number of carbonyl (C=O) groups excluding carboxylic acids is 5. The fourth-order valence-electron chi connectivity index (χ4n) is 8.58. The second-order valence-electron chi connectivity index (χ2n) is 17.7. The molecular formula is C51H69N5O6S. The van der Waals surface area contributed by atoms with Crippen LogP contribution < -0.4 is 20.7 Å². The number of unbranched alkanes of at least 4 members (excludes halogenated alkanes) is 9. The van der Waals surface area contributed by atoms with Gasteiger partial charge in [0.05, 0.1) is 25.0 Å². The molecule has 3 aromatic carbocycles. The van der Waals surface area contributed by atoms with Crippen LogP contribution in [0.15, 0.2) is 84.9 Å². The minimum absolute atomic E-state index is 0.00184. The summed E-state index contributed by atoms with van der Waals surface area (Å²) in [5, 5.41) is 9.35. The van der Waals surface area contributed by atoms with Crippen molar-refractivity contribution < 1.29 is 28.7 Å². The van der Waals surface area contributed by atoms with Crippen molar-refractivity contribution >= 4 is 41.5 Å². The third-order valence-electron chi connectivity index (χ3n) is 12.6. The van der Waals surface area contributed by atoms with Gasteiger partial charge in [-0.15, -0.1) is 0 Å². The highest BCUT2D eigenvalue weighted by molar-refractivity contribution is 7.98. The number of hydrogen-bond donors (Lipinski definition) is 4. The monoisotopic (exact) mass is 879 g/mol. The van der Waals surface area contributed by atoms with Crippen LogP contribution in [0.25, 0.3) is 0 Å². The van der Waals surface area contributed by atoms with Gasteiger partial charge in [-0.25, -0.2) is 0 Å². The Kier molecular flexibility index (Phi) is 18.9. The molecule has 12 heteroatoms. The number of amides is 5. The van der Waals surface area contributed by atoms with Gasteiger partial charge in [0.15, 0.2) is 0 Å². The van der Waals surface area contributed by atoms with Crippen LogP contribution >= 0.6 is 11.9 Å². The van der Waals surface area contributed by atoms with E-state index >= 15 is 0 Å². The van der Waals surface area contributed by atoms with E-state index in [4.69, 9.17) is 4.74 Å². The van der Waals surface area contributed by atoms with Crippen LogP contribution in [-0.2, 0) is 30.5 Å². The van der Waals surface area contributed by atoms with Gasteiger partial charge in [-0.3, -0.25) is 28.7 Å². The zero-order valence-electron chi connectivity index (χ0n) is 37.4. The number of hydrogen-bond acceptors (Lipinski definition) is 7. The van der Waals surface area contributed by atoms with Crippen LogP contribution in [0.3, 0.4) is 0 Å². The van der Waals surface area contributed by atoms with Crippen molar-refractivity contribution in [2.75, 3.05) is 26.2 Å². The molecule has 340 valence electrons. The molecule has 2 aliphatic carbocycles. The minimum Gasteiger partial charge on any atom is -0.374 e. The minimum atomic E-state index is -0.809. The predicted octanol–water partition coefficient (Wildman–Crippen LogP) is 8.21. The highest BCUT2D eigenvalue weighted by Gasteiger charge is 2.48. The largest absolute Gasteiger partial charge is 0.374 e. The highest BCUT2D eigenvalue weighted by Crippen LogP contribution is 2.48. The molecule has 1 saturated heterocycles. The summed E-state index contributed by atoms with van der Waals surface area (Å²) in [5.41, 5.74) is 3.69. The van der Waals surface area contributed by atoms with E-state index in [1.807, 2.05) is 48.5 Å². The maximum absolute atomic E-state index is 14.0. The summed E-state index contributed by atoms with van der Waals surface area (Å²) in [6, 6.07) is 26.7. The van der Waals surface area contributed by atoms with Gasteiger partial charge < -0.3 is 25.6 Å². The average molecular weight is 880 g/mol. The number of likely N-dealkylation sites (tertiary alicyclic amines) is 1. The van der Waals surface area contributed by atoms with Crippen molar-refractivity contribution in [2.24, 2.45) is 11.8 Å². The van der Waals surface area contributed by atoms with E-state index in [0.29, 0.717) is 24.4 Å². The first-order valence-electron chi connectivity index (χ1n) is 23.6. The average Bonchev–Trinajstić information content (AvgIpc) is 4.22. The number of benzene rings is 3. The molecule has 2 saturated carbocycles. The van der Waals surface area contributed by atoms with Crippen LogP contribution in [-0.4, -0.2) is 78.0 Å². The lowest BCUT2D eigenvalue weighted by Gasteiger charge is -2.19. The Balaban J connectivity index is 1.01. The Morgan fingerprint density at radius 2 is 1.30 bits per heavy atom. The van der Waals surface area contributed by atoms with Gasteiger partial charge in [0.25, 0.3) is 5.91 Å². The zero-order valence-corrected chi connectivity index (χ0v) is 38.2. The molecule has 4 N–H and O–H groups in total. The molecule has 0 aromatic heterocycles. The molecule has 6 rings (SSSR count). The predicted molar refractivity (Wildman–Crippen MR) is 250 cm³/mol. The first-order valence-corrected chi connectivity index (χ1v) is 24.5. The van der Waals surface area contributed by atoms with Crippen LogP contribution in [0.1, 0.15) is 143 Å². The van der Waals surface area contributed by atoms with Gasteiger partial charge in [0.2, 0.25) is 23.6 Å². The lowest BCUT2D eigenvalue weighted by Crippen LogP contribution is -2.49. The smallest absolute Gasteiger partial charge is 0.253 e. The van der Waals surface area contributed by atoms with Crippen LogP contribution in [0.4, 0.5) is 0 Å². The molecule has 1 heterocycles. The van der Waals surface area contributed by atoms with E-state index < -0.39 is 17.9 Å². The van der Waals surface area contributed by atoms with E-state index in [1.54, 1.807) is 17.0 Å². The molecular weight excluding hydrogens is 811 g/mol. The summed E-state index contributed by atoms with van der Waals surface area (Å²) >= 11 is 1.42. The second-order valence-corrected chi connectivity index (χ2v) is 18.8.